The summed E-state index contributed by atoms with van der Waals surface area (Å²) in [4.78, 5) is 23.1. The SMILES string of the molecule is CC[C@@H](C)[C@@H](NC(=O)CC(C)C)C(=O)OC. The van der Waals surface area contributed by atoms with Gasteiger partial charge >= 0.3 is 5.97 Å². The van der Waals surface area contributed by atoms with Crippen molar-refractivity contribution in [1.82, 2.24) is 5.32 Å². The fourth-order valence-corrected chi connectivity index (χ4v) is 1.40. The Morgan fingerprint density at radius 1 is 1.25 bits per heavy atom. The maximum absolute atomic E-state index is 11.6. The second kappa shape index (κ2) is 7.25. The number of hydrogen-bond donors (Lipinski definition) is 1. The van der Waals surface area contributed by atoms with Crippen LogP contribution in [0.1, 0.15) is 40.5 Å². The molecule has 0 radical (unpaired) electrons. The predicted molar refractivity (Wildman–Crippen MR) is 62.9 cm³/mol. The maximum atomic E-state index is 11.6. The second-order valence-corrected chi connectivity index (χ2v) is 4.55. The number of nitrogens with one attached hydrogen (secondary N) is 1. The summed E-state index contributed by atoms with van der Waals surface area (Å²) in [7, 11) is 1.34. The first-order valence-corrected chi connectivity index (χ1v) is 5.79. The lowest BCUT2D eigenvalue weighted by Crippen LogP contribution is -2.45. The first-order chi connectivity index (χ1) is 7.42. The molecule has 0 bridgehead atoms. The number of carbonyl (C=O) groups excluding carboxylic acids is 2. The van der Waals surface area contributed by atoms with Crippen LogP contribution in [0.2, 0.25) is 0 Å². The van der Waals surface area contributed by atoms with Gasteiger partial charge in [0.05, 0.1) is 7.11 Å². The monoisotopic (exact) mass is 229 g/mol. The molecule has 0 saturated heterocycles. The van der Waals surface area contributed by atoms with Gasteiger partial charge in [-0.1, -0.05) is 34.1 Å². The Bertz CT molecular complexity index is 238. The zero-order valence-electron chi connectivity index (χ0n) is 10.9. The van der Waals surface area contributed by atoms with Gasteiger partial charge in [-0.3, -0.25) is 4.79 Å². The average molecular weight is 229 g/mol. The summed E-state index contributed by atoms with van der Waals surface area (Å²) in [6, 6.07) is -0.527. The fraction of sp³-hybridized carbons (Fsp3) is 0.833. The van der Waals surface area contributed by atoms with E-state index in [2.05, 4.69) is 10.1 Å². The largest absolute Gasteiger partial charge is 0.467 e. The summed E-state index contributed by atoms with van der Waals surface area (Å²) in [6.07, 6.45) is 1.26. The van der Waals surface area contributed by atoms with E-state index in [-0.39, 0.29) is 23.7 Å². The lowest BCUT2D eigenvalue weighted by Gasteiger charge is -2.22. The van der Waals surface area contributed by atoms with E-state index in [1.165, 1.54) is 7.11 Å². The average Bonchev–Trinajstić information content (AvgIpc) is 2.22. The first-order valence-electron chi connectivity index (χ1n) is 5.79. The highest BCUT2D eigenvalue weighted by Gasteiger charge is 2.26. The van der Waals surface area contributed by atoms with E-state index >= 15 is 0 Å². The normalized spacial score (nSPS) is 14.4. The molecule has 4 nitrogen and oxygen atoms in total. The maximum Gasteiger partial charge on any atom is 0.328 e. The van der Waals surface area contributed by atoms with E-state index in [4.69, 9.17) is 0 Å². The van der Waals surface area contributed by atoms with E-state index < -0.39 is 6.04 Å². The molecule has 0 aromatic rings. The predicted octanol–water partition coefficient (Wildman–Crippen LogP) is 1.74. The van der Waals surface area contributed by atoms with Crippen LogP contribution in [0, 0.1) is 11.8 Å². The zero-order valence-corrected chi connectivity index (χ0v) is 10.9. The van der Waals surface area contributed by atoms with Crippen LogP contribution in [0.25, 0.3) is 0 Å². The van der Waals surface area contributed by atoms with Gasteiger partial charge in [0.15, 0.2) is 0 Å². The van der Waals surface area contributed by atoms with Crippen LogP contribution >= 0.6 is 0 Å². The molecule has 1 N–H and O–H groups in total. The van der Waals surface area contributed by atoms with Crippen molar-refractivity contribution in [2.45, 2.75) is 46.6 Å². The third-order valence-electron chi connectivity index (χ3n) is 2.58. The Balaban J connectivity index is 4.43. The lowest BCUT2D eigenvalue weighted by atomic mass is 9.98. The Hall–Kier alpha value is -1.06. The molecule has 94 valence electrons. The zero-order chi connectivity index (χ0) is 12.7. The molecule has 0 aliphatic rings. The van der Waals surface area contributed by atoms with Crippen molar-refractivity contribution >= 4 is 11.9 Å². The first kappa shape index (κ1) is 14.9. The topological polar surface area (TPSA) is 55.4 Å². The lowest BCUT2D eigenvalue weighted by molar-refractivity contribution is -0.146. The van der Waals surface area contributed by atoms with Crippen LogP contribution in [-0.2, 0) is 14.3 Å². The van der Waals surface area contributed by atoms with Crippen molar-refractivity contribution in [3.8, 4) is 0 Å². The highest BCUT2D eigenvalue weighted by atomic mass is 16.5. The molecule has 0 unspecified atom stereocenters. The molecule has 0 fully saturated rings. The summed E-state index contributed by atoms with van der Waals surface area (Å²) < 4.78 is 4.69. The van der Waals surface area contributed by atoms with Crippen LogP contribution in [0.15, 0.2) is 0 Å². The van der Waals surface area contributed by atoms with Gasteiger partial charge in [0, 0.05) is 6.42 Å². The summed E-state index contributed by atoms with van der Waals surface area (Å²) >= 11 is 0. The number of esters is 1. The summed E-state index contributed by atoms with van der Waals surface area (Å²) in [5.74, 6) is -0.0871. The standard InChI is InChI=1S/C12H23NO3/c1-6-9(4)11(12(15)16-5)13-10(14)7-8(2)3/h8-9,11H,6-7H2,1-5H3,(H,13,14)/t9-,11-/m1/s1. The van der Waals surface area contributed by atoms with Crippen molar-refractivity contribution in [2.24, 2.45) is 11.8 Å². The van der Waals surface area contributed by atoms with E-state index in [9.17, 15) is 9.59 Å². The minimum Gasteiger partial charge on any atom is -0.467 e. The van der Waals surface area contributed by atoms with E-state index in [0.29, 0.717) is 6.42 Å². The Morgan fingerprint density at radius 2 is 1.81 bits per heavy atom. The molecule has 1 amide bonds. The number of rotatable bonds is 6. The minimum atomic E-state index is -0.527. The minimum absolute atomic E-state index is 0.0866. The highest BCUT2D eigenvalue weighted by molar-refractivity contribution is 5.84. The Kier molecular flexibility index (Phi) is 6.77. The van der Waals surface area contributed by atoms with Crippen LogP contribution in [0.5, 0.6) is 0 Å². The number of hydrogen-bond acceptors (Lipinski definition) is 3. The molecule has 16 heavy (non-hydrogen) atoms. The summed E-state index contributed by atoms with van der Waals surface area (Å²) in [5, 5.41) is 2.74. The molecule has 0 rings (SSSR count). The van der Waals surface area contributed by atoms with Crippen molar-refractivity contribution in [2.75, 3.05) is 7.11 Å². The molecule has 0 spiro atoms. The van der Waals surface area contributed by atoms with Gasteiger partial charge in [-0.25, -0.2) is 4.79 Å². The third-order valence-corrected chi connectivity index (χ3v) is 2.58. The number of carbonyl (C=O) groups is 2. The van der Waals surface area contributed by atoms with E-state index in [0.717, 1.165) is 6.42 Å². The molecule has 0 aromatic heterocycles. The molecular formula is C12H23NO3. The van der Waals surface area contributed by atoms with Gasteiger partial charge in [0.2, 0.25) is 5.91 Å². The van der Waals surface area contributed by atoms with Crippen LogP contribution in [-0.4, -0.2) is 25.0 Å². The van der Waals surface area contributed by atoms with Crippen molar-refractivity contribution < 1.29 is 14.3 Å². The number of methoxy groups -OCH3 is 1. The Morgan fingerprint density at radius 3 is 2.19 bits per heavy atom. The number of ether oxygens (including phenoxy) is 1. The van der Waals surface area contributed by atoms with Gasteiger partial charge in [-0.15, -0.1) is 0 Å². The van der Waals surface area contributed by atoms with Crippen LogP contribution in [0.3, 0.4) is 0 Å². The summed E-state index contributed by atoms with van der Waals surface area (Å²) in [5.41, 5.74) is 0. The molecule has 0 aliphatic carbocycles. The van der Waals surface area contributed by atoms with Gasteiger partial charge < -0.3 is 10.1 Å². The van der Waals surface area contributed by atoms with Crippen molar-refractivity contribution in [3.05, 3.63) is 0 Å². The molecule has 4 heteroatoms. The van der Waals surface area contributed by atoms with E-state index in [1.54, 1.807) is 0 Å². The van der Waals surface area contributed by atoms with Gasteiger partial charge in [-0.2, -0.15) is 0 Å². The van der Waals surface area contributed by atoms with Crippen LogP contribution in [0.4, 0.5) is 0 Å². The number of amides is 1. The molecule has 2 atom stereocenters. The van der Waals surface area contributed by atoms with Gasteiger partial charge in [0.1, 0.15) is 6.04 Å². The Labute approximate surface area is 97.7 Å². The molecule has 0 aliphatic heterocycles. The molecule has 0 heterocycles. The molecule has 0 aromatic carbocycles. The van der Waals surface area contributed by atoms with Crippen LogP contribution < -0.4 is 5.32 Å². The van der Waals surface area contributed by atoms with Gasteiger partial charge in [0.25, 0.3) is 0 Å². The van der Waals surface area contributed by atoms with Gasteiger partial charge in [-0.05, 0) is 11.8 Å². The smallest absolute Gasteiger partial charge is 0.328 e. The summed E-state index contributed by atoms with van der Waals surface area (Å²) in [6.45, 7) is 7.85. The van der Waals surface area contributed by atoms with Crippen molar-refractivity contribution in [1.29, 1.82) is 0 Å². The molecule has 0 saturated carbocycles. The molecular weight excluding hydrogens is 206 g/mol. The fourth-order valence-electron chi connectivity index (χ4n) is 1.40. The quantitative estimate of drug-likeness (QED) is 0.706. The van der Waals surface area contributed by atoms with Crippen molar-refractivity contribution in [3.63, 3.8) is 0 Å². The highest BCUT2D eigenvalue weighted by Crippen LogP contribution is 2.10. The second-order valence-electron chi connectivity index (χ2n) is 4.55. The van der Waals surface area contributed by atoms with E-state index in [1.807, 2.05) is 27.7 Å². The third kappa shape index (κ3) is 5.14.